The Hall–Kier alpha value is -0.860. The van der Waals surface area contributed by atoms with E-state index in [1.807, 2.05) is 38.4 Å². The molecule has 0 atom stereocenters. The molecule has 1 aromatic rings. The molecule has 150 valence electrons. The minimum atomic E-state index is -3.49. The van der Waals surface area contributed by atoms with E-state index in [1.54, 1.807) is 0 Å². The van der Waals surface area contributed by atoms with Gasteiger partial charge in [0.25, 0.3) is 0 Å². The highest BCUT2D eigenvalue weighted by atomic mass is 35.5. The molecule has 0 aromatic heterocycles. The van der Waals surface area contributed by atoms with E-state index < -0.39 is 20.5 Å². The van der Waals surface area contributed by atoms with Crippen LogP contribution < -0.4 is 10.6 Å². The van der Waals surface area contributed by atoms with Crippen molar-refractivity contribution in [2.75, 3.05) is 45.3 Å². The molecular weight excluding hydrogens is 397 g/mol. The number of anilines is 1. The number of hydrogen-bond acceptors (Lipinski definition) is 5. The first-order valence-electron chi connectivity index (χ1n) is 8.20. The Balaban J connectivity index is 0.00000312. The van der Waals surface area contributed by atoms with Crippen LogP contribution in [0.15, 0.2) is 24.3 Å². The molecule has 0 radical (unpaired) electrons. The summed E-state index contributed by atoms with van der Waals surface area (Å²) in [5, 5.41) is 5.91. The number of benzene rings is 1. The van der Waals surface area contributed by atoms with Crippen LogP contribution in [0.5, 0.6) is 0 Å². The molecular formula is C17H29Cl2N3O3S. The third-order valence-corrected chi connectivity index (χ3v) is 6.61. The van der Waals surface area contributed by atoms with Crippen LogP contribution in [-0.4, -0.2) is 64.0 Å². The summed E-state index contributed by atoms with van der Waals surface area (Å²) in [5.74, 6) is -0.424. The summed E-state index contributed by atoms with van der Waals surface area (Å²) in [7, 11) is 0.561. The molecule has 0 bridgehead atoms. The number of nitrogens with zero attached hydrogens (tertiary/aromatic N) is 1. The van der Waals surface area contributed by atoms with Crippen LogP contribution in [0, 0.1) is 0 Å². The normalized spacial score (nSPS) is 16.3. The standard InChI is InChI=1S/C17H27N3O3S.2ClH/c1-20(2)13-8-14-4-6-15(7-5-14)19-16(21)17(24(3,22)23)9-11-18-12-10-17;;/h4-7,18H,8-13H2,1-3H3,(H,19,21);2*1H. The second-order valence-electron chi connectivity index (χ2n) is 6.72. The van der Waals surface area contributed by atoms with Gasteiger partial charge >= 0.3 is 0 Å². The van der Waals surface area contributed by atoms with Crippen molar-refractivity contribution < 1.29 is 13.2 Å². The first-order valence-corrected chi connectivity index (χ1v) is 10.1. The molecule has 6 nitrogen and oxygen atoms in total. The van der Waals surface area contributed by atoms with Crippen LogP contribution in [0.4, 0.5) is 5.69 Å². The van der Waals surface area contributed by atoms with Gasteiger partial charge in [0.2, 0.25) is 5.91 Å². The summed E-state index contributed by atoms with van der Waals surface area (Å²) in [6.45, 7) is 2.02. The molecule has 9 heteroatoms. The Bertz CT molecular complexity index is 673. The predicted molar refractivity (Wildman–Crippen MR) is 112 cm³/mol. The highest BCUT2D eigenvalue weighted by molar-refractivity contribution is 7.92. The lowest BCUT2D eigenvalue weighted by Crippen LogP contribution is -2.55. The van der Waals surface area contributed by atoms with Crippen molar-refractivity contribution in [1.29, 1.82) is 0 Å². The van der Waals surface area contributed by atoms with Crippen LogP contribution in [0.3, 0.4) is 0 Å². The van der Waals surface area contributed by atoms with E-state index in [-0.39, 0.29) is 24.8 Å². The number of rotatable bonds is 6. The van der Waals surface area contributed by atoms with Crippen LogP contribution in [0.1, 0.15) is 18.4 Å². The fraction of sp³-hybridized carbons (Fsp3) is 0.588. The second-order valence-corrected chi connectivity index (χ2v) is 9.05. The van der Waals surface area contributed by atoms with Gasteiger partial charge in [-0.1, -0.05) is 12.1 Å². The third kappa shape index (κ3) is 6.09. The van der Waals surface area contributed by atoms with Gasteiger partial charge in [-0.2, -0.15) is 0 Å². The highest BCUT2D eigenvalue weighted by Gasteiger charge is 2.48. The van der Waals surface area contributed by atoms with E-state index in [9.17, 15) is 13.2 Å². The van der Waals surface area contributed by atoms with Crippen molar-refractivity contribution >= 4 is 46.2 Å². The SMILES string of the molecule is CN(C)CCc1ccc(NC(=O)C2(S(C)(=O)=O)CCNCC2)cc1.Cl.Cl. The first kappa shape index (κ1) is 25.1. The molecule has 1 fully saturated rings. The van der Waals surface area contributed by atoms with Gasteiger partial charge in [0.15, 0.2) is 14.6 Å². The minimum Gasteiger partial charge on any atom is -0.325 e. The van der Waals surface area contributed by atoms with Gasteiger partial charge in [-0.3, -0.25) is 4.79 Å². The summed E-state index contributed by atoms with van der Waals surface area (Å²) in [6, 6.07) is 7.60. The number of amides is 1. The summed E-state index contributed by atoms with van der Waals surface area (Å²) in [6.07, 6.45) is 2.69. The Labute approximate surface area is 168 Å². The van der Waals surface area contributed by atoms with E-state index in [1.165, 1.54) is 5.56 Å². The van der Waals surface area contributed by atoms with E-state index >= 15 is 0 Å². The third-order valence-electron chi connectivity index (χ3n) is 4.59. The fourth-order valence-electron chi connectivity index (χ4n) is 2.95. The number of hydrogen-bond donors (Lipinski definition) is 2. The lowest BCUT2D eigenvalue weighted by atomic mass is 9.95. The number of piperidine rings is 1. The molecule has 0 unspecified atom stereocenters. The zero-order chi connectivity index (χ0) is 17.8. The lowest BCUT2D eigenvalue weighted by molar-refractivity contribution is -0.119. The summed E-state index contributed by atoms with van der Waals surface area (Å²) < 4.78 is 23.2. The van der Waals surface area contributed by atoms with Crippen molar-refractivity contribution in [3.8, 4) is 0 Å². The molecule has 26 heavy (non-hydrogen) atoms. The van der Waals surface area contributed by atoms with E-state index in [4.69, 9.17) is 0 Å². The Morgan fingerprint density at radius 1 is 1.15 bits per heavy atom. The lowest BCUT2D eigenvalue weighted by Gasteiger charge is -2.34. The topological polar surface area (TPSA) is 78.5 Å². The molecule has 1 aliphatic rings. The number of carbonyl (C=O) groups excluding carboxylic acids is 1. The smallest absolute Gasteiger partial charge is 0.245 e. The van der Waals surface area contributed by atoms with Crippen molar-refractivity contribution in [3.63, 3.8) is 0 Å². The predicted octanol–water partition coefficient (Wildman–Crippen LogP) is 1.74. The van der Waals surface area contributed by atoms with Crippen LogP contribution >= 0.6 is 24.8 Å². The molecule has 2 N–H and O–H groups in total. The van der Waals surface area contributed by atoms with Gasteiger partial charge in [0, 0.05) is 18.5 Å². The van der Waals surface area contributed by atoms with Crippen molar-refractivity contribution in [3.05, 3.63) is 29.8 Å². The van der Waals surface area contributed by atoms with Gasteiger partial charge < -0.3 is 15.5 Å². The number of likely N-dealkylation sites (N-methyl/N-ethyl adjacent to an activating group) is 1. The molecule has 0 spiro atoms. The van der Waals surface area contributed by atoms with Gasteiger partial charge in [-0.15, -0.1) is 24.8 Å². The van der Waals surface area contributed by atoms with Crippen molar-refractivity contribution in [1.82, 2.24) is 10.2 Å². The van der Waals surface area contributed by atoms with Gasteiger partial charge in [-0.25, -0.2) is 8.42 Å². The van der Waals surface area contributed by atoms with E-state index in [0.717, 1.165) is 19.2 Å². The summed E-state index contributed by atoms with van der Waals surface area (Å²) in [5.41, 5.74) is 1.82. The molecule has 0 saturated carbocycles. The Morgan fingerprint density at radius 2 is 1.69 bits per heavy atom. The number of carbonyl (C=O) groups is 1. The maximum atomic E-state index is 12.7. The monoisotopic (exact) mass is 425 g/mol. The largest absolute Gasteiger partial charge is 0.325 e. The molecule has 1 heterocycles. The summed E-state index contributed by atoms with van der Waals surface area (Å²) in [4.78, 5) is 14.8. The number of nitrogens with one attached hydrogen (secondary N) is 2. The first-order chi connectivity index (χ1) is 11.2. The Kier molecular flexibility index (Phi) is 10.1. The highest BCUT2D eigenvalue weighted by Crippen LogP contribution is 2.29. The van der Waals surface area contributed by atoms with Gasteiger partial charge in [0.05, 0.1) is 0 Å². The van der Waals surface area contributed by atoms with E-state index in [0.29, 0.717) is 31.6 Å². The number of halogens is 2. The molecule has 2 rings (SSSR count). The molecule has 0 aliphatic carbocycles. The average Bonchev–Trinajstić information content (AvgIpc) is 2.53. The molecule has 1 saturated heterocycles. The molecule has 1 aliphatic heterocycles. The van der Waals surface area contributed by atoms with Crippen LogP contribution in [0.2, 0.25) is 0 Å². The average molecular weight is 426 g/mol. The second kappa shape index (κ2) is 10.5. The Morgan fingerprint density at radius 3 is 2.15 bits per heavy atom. The molecule has 1 amide bonds. The van der Waals surface area contributed by atoms with Crippen molar-refractivity contribution in [2.24, 2.45) is 0 Å². The maximum absolute atomic E-state index is 12.7. The zero-order valence-corrected chi connectivity index (χ0v) is 17.9. The number of sulfone groups is 1. The van der Waals surface area contributed by atoms with E-state index in [2.05, 4.69) is 15.5 Å². The maximum Gasteiger partial charge on any atom is 0.245 e. The van der Waals surface area contributed by atoms with Gasteiger partial charge in [-0.05, 0) is 64.1 Å². The fourth-order valence-corrected chi connectivity index (χ4v) is 4.28. The quantitative estimate of drug-likeness (QED) is 0.725. The minimum absolute atomic E-state index is 0. The van der Waals surface area contributed by atoms with Gasteiger partial charge in [0.1, 0.15) is 0 Å². The summed E-state index contributed by atoms with van der Waals surface area (Å²) >= 11 is 0. The molecule has 1 aromatic carbocycles. The zero-order valence-electron chi connectivity index (χ0n) is 15.4. The van der Waals surface area contributed by atoms with Crippen LogP contribution in [-0.2, 0) is 21.1 Å². The van der Waals surface area contributed by atoms with Crippen LogP contribution in [0.25, 0.3) is 0 Å². The van der Waals surface area contributed by atoms with Crippen molar-refractivity contribution in [2.45, 2.75) is 24.0 Å².